The maximum absolute atomic E-state index is 5.79. The summed E-state index contributed by atoms with van der Waals surface area (Å²) in [4.78, 5) is 0. The molecule has 1 unspecified atom stereocenters. The van der Waals surface area contributed by atoms with E-state index in [1.54, 1.807) is 7.11 Å². The van der Waals surface area contributed by atoms with Gasteiger partial charge in [0.25, 0.3) is 0 Å². The van der Waals surface area contributed by atoms with E-state index in [0.717, 1.165) is 18.0 Å². The van der Waals surface area contributed by atoms with Gasteiger partial charge in [0.15, 0.2) is 11.5 Å². The molecule has 0 aromatic heterocycles. The van der Waals surface area contributed by atoms with Gasteiger partial charge < -0.3 is 14.8 Å². The van der Waals surface area contributed by atoms with Gasteiger partial charge in [-0.2, -0.15) is 0 Å². The third-order valence-corrected chi connectivity index (χ3v) is 3.06. The lowest BCUT2D eigenvalue weighted by Gasteiger charge is -2.16. The first-order valence-electron chi connectivity index (χ1n) is 6.82. The second-order valence-corrected chi connectivity index (χ2v) is 4.73. The smallest absolute Gasteiger partial charge is 0.161 e. The zero-order chi connectivity index (χ0) is 14.2. The van der Waals surface area contributed by atoms with Crippen LogP contribution in [0.25, 0.3) is 0 Å². The summed E-state index contributed by atoms with van der Waals surface area (Å²) in [6.45, 7) is 3.56. The summed E-state index contributed by atoms with van der Waals surface area (Å²) in [7, 11) is 1.65. The zero-order valence-electron chi connectivity index (χ0n) is 12.0. The van der Waals surface area contributed by atoms with Crippen LogP contribution in [0.5, 0.6) is 11.5 Å². The standard InChI is InChI=1S/C17H21NO2/c1-14(18-12-15-8-4-3-5-9-15)13-20-17-11-7-6-10-16(17)19-2/h3-11,14,18H,12-13H2,1-2H3. The second-order valence-electron chi connectivity index (χ2n) is 4.73. The molecule has 0 heterocycles. The Bertz CT molecular complexity index is 513. The van der Waals surface area contributed by atoms with Crippen LogP contribution in [0.15, 0.2) is 54.6 Å². The Morgan fingerprint density at radius 2 is 1.60 bits per heavy atom. The van der Waals surface area contributed by atoms with Crippen LogP contribution in [-0.2, 0) is 6.54 Å². The SMILES string of the molecule is COc1ccccc1OCC(C)NCc1ccccc1. The first-order valence-corrected chi connectivity index (χ1v) is 6.82. The first kappa shape index (κ1) is 14.4. The normalized spacial score (nSPS) is 11.9. The van der Waals surface area contributed by atoms with Gasteiger partial charge in [0.2, 0.25) is 0 Å². The van der Waals surface area contributed by atoms with E-state index in [1.165, 1.54) is 5.56 Å². The van der Waals surface area contributed by atoms with Gasteiger partial charge in [0.1, 0.15) is 6.61 Å². The van der Waals surface area contributed by atoms with Gasteiger partial charge >= 0.3 is 0 Å². The molecule has 1 atom stereocenters. The van der Waals surface area contributed by atoms with Crippen molar-refractivity contribution in [3.05, 3.63) is 60.2 Å². The fourth-order valence-corrected chi connectivity index (χ4v) is 1.90. The van der Waals surface area contributed by atoms with E-state index < -0.39 is 0 Å². The molecule has 3 nitrogen and oxygen atoms in total. The van der Waals surface area contributed by atoms with Crippen LogP contribution in [0.2, 0.25) is 0 Å². The van der Waals surface area contributed by atoms with Gasteiger partial charge in [0, 0.05) is 12.6 Å². The monoisotopic (exact) mass is 271 g/mol. The molecular weight excluding hydrogens is 250 g/mol. The quantitative estimate of drug-likeness (QED) is 0.838. The second kappa shape index (κ2) is 7.56. The summed E-state index contributed by atoms with van der Waals surface area (Å²) < 4.78 is 11.1. The average Bonchev–Trinajstić information content (AvgIpc) is 2.52. The highest BCUT2D eigenvalue weighted by Crippen LogP contribution is 2.25. The van der Waals surface area contributed by atoms with Crippen molar-refractivity contribution in [2.24, 2.45) is 0 Å². The molecule has 0 aliphatic carbocycles. The maximum atomic E-state index is 5.79. The van der Waals surface area contributed by atoms with Crippen LogP contribution in [0, 0.1) is 0 Å². The number of ether oxygens (including phenoxy) is 2. The van der Waals surface area contributed by atoms with Crippen molar-refractivity contribution in [1.82, 2.24) is 5.32 Å². The Morgan fingerprint density at radius 1 is 0.950 bits per heavy atom. The van der Waals surface area contributed by atoms with Gasteiger partial charge in [0.05, 0.1) is 7.11 Å². The van der Waals surface area contributed by atoms with E-state index in [2.05, 4.69) is 24.4 Å². The Balaban J connectivity index is 1.79. The molecule has 2 aromatic carbocycles. The summed E-state index contributed by atoms with van der Waals surface area (Å²) in [5, 5.41) is 3.44. The fraction of sp³-hybridized carbons (Fsp3) is 0.294. The highest BCUT2D eigenvalue weighted by molar-refractivity contribution is 5.39. The molecular formula is C17H21NO2. The minimum Gasteiger partial charge on any atom is -0.493 e. The zero-order valence-corrected chi connectivity index (χ0v) is 12.0. The predicted molar refractivity (Wildman–Crippen MR) is 81.2 cm³/mol. The molecule has 0 aliphatic heterocycles. The topological polar surface area (TPSA) is 30.5 Å². The molecule has 2 aromatic rings. The third kappa shape index (κ3) is 4.28. The number of rotatable bonds is 7. The molecule has 0 radical (unpaired) electrons. The van der Waals surface area contributed by atoms with E-state index in [-0.39, 0.29) is 6.04 Å². The highest BCUT2D eigenvalue weighted by atomic mass is 16.5. The van der Waals surface area contributed by atoms with Gasteiger partial charge in [-0.05, 0) is 24.6 Å². The highest BCUT2D eigenvalue weighted by Gasteiger charge is 2.06. The maximum Gasteiger partial charge on any atom is 0.161 e. The lowest BCUT2D eigenvalue weighted by atomic mass is 10.2. The van der Waals surface area contributed by atoms with Crippen molar-refractivity contribution in [3.8, 4) is 11.5 Å². The molecule has 0 amide bonds. The molecule has 0 spiro atoms. The number of hydrogen-bond acceptors (Lipinski definition) is 3. The molecule has 106 valence electrons. The van der Waals surface area contributed by atoms with Crippen LogP contribution in [0.3, 0.4) is 0 Å². The number of nitrogens with one attached hydrogen (secondary N) is 1. The van der Waals surface area contributed by atoms with Crippen molar-refractivity contribution in [2.75, 3.05) is 13.7 Å². The molecule has 0 fully saturated rings. The summed E-state index contributed by atoms with van der Waals surface area (Å²) in [6, 6.07) is 18.3. The van der Waals surface area contributed by atoms with Gasteiger partial charge in [-0.15, -0.1) is 0 Å². The van der Waals surface area contributed by atoms with Crippen molar-refractivity contribution in [1.29, 1.82) is 0 Å². The molecule has 0 bridgehead atoms. The average molecular weight is 271 g/mol. The largest absolute Gasteiger partial charge is 0.493 e. The number of benzene rings is 2. The summed E-state index contributed by atoms with van der Waals surface area (Å²) in [5.74, 6) is 1.55. The first-order chi connectivity index (χ1) is 9.79. The molecule has 1 N–H and O–H groups in total. The molecule has 0 saturated carbocycles. The van der Waals surface area contributed by atoms with Crippen LogP contribution in [0.1, 0.15) is 12.5 Å². The fourth-order valence-electron chi connectivity index (χ4n) is 1.90. The van der Waals surface area contributed by atoms with E-state index in [9.17, 15) is 0 Å². The van der Waals surface area contributed by atoms with Gasteiger partial charge in [-0.1, -0.05) is 42.5 Å². The molecule has 20 heavy (non-hydrogen) atoms. The number of hydrogen-bond donors (Lipinski definition) is 1. The van der Waals surface area contributed by atoms with Crippen LogP contribution >= 0.6 is 0 Å². The lowest BCUT2D eigenvalue weighted by molar-refractivity contribution is 0.259. The van der Waals surface area contributed by atoms with Crippen molar-refractivity contribution in [3.63, 3.8) is 0 Å². The third-order valence-electron chi connectivity index (χ3n) is 3.06. The minimum absolute atomic E-state index is 0.264. The molecule has 0 aliphatic rings. The lowest BCUT2D eigenvalue weighted by Crippen LogP contribution is -2.31. The van der Waals surface area contributed by atoms with E-state index in [0.29, 0.717) is 6.61 Å². The van der Waals surface area contributed by atoms with E-state index in [4.69, 9.17) is 9.47 Å². The van der Waals surface area contributed by atoms with Crippen molar-refractivity contribution in [2.45, 2.75) is 19.5 Å². The number of para-hydroxylation sites is 2. The summed E-state index contributed by atoms with van der Waals surface area (Å²) in [5.41, 5.74) is 1.27. The summed E-state index contributed by atoms with van der Waals surface area (Å²) in [6.07, 6.45) is 0. The van der Waals surface area contributed by atoms with E-state index >= 15 is 0 Å². The van der Waals surface area contributed by atoms with Crippen LogP contribution in [-0.4, -0.2) is 19.8 Å². The molecule has 2 rings (SSSR count). The van der Waals surface area contributed by atoms with Crippen molar-refractivity contribution >= 4 is 0 Å². The molecule has 0 saturated heterocycles. The van der Waals surface area contributed by atoms with E-state index in [1.807, 2.05) is 42.5 Å². The van der Waals surface area contributed by atoms with Gasteiger partial charge in [-0.3, -0.25) is 0 Å². The van der Waals surface area contributed by atoms with Gasteiger partial charge in [-0.25, -0.2) is 0 Å². The van der Waals surface area contributed by atoms with Crippen LogP contribution < -0.4 is 14.8 Å². The summed E-state index contributed by atoms with van der Waals surface area (Å²) >= 11 is 0. The predicted octanol–water partition coefficient (Wildman–Crippen LogP) is 3.25. The minimum atomic E-state index is 0.264. The Kier molecular flexibility index (Phi) is 5.44. The van der Waals surface area contributed by atoms with Crippen LogP contribution in [0.4, 0.5) is 0 Å². The number of methoxy groups -OCH3 is 1. The Morgan fingerprint density at radius 3 is 2.30 bits per heavy atom. The molecule has 3 heteroatoms. The van der Waals surface area contributed by atoms with Crippen molar-refractivity contribution < 1.29 is 9.47 Å². The Labute approximate surface area is 120 Å². The Hall–Kier alpha value is -2.00.